The fourth-order valence-corrected chi connectivity index (χ4v) is 3.36. The molecule has 0 atom stereocenters. The molecular formula is C20H15Cl2F3N4O2. The van der Waals surface area contributed by atoms with E-state index in [-0.39, 0.29) is 22.1 Å². The first kappa shape index (κ1) is 22.6. The molecule has 0 radical (unpaired) electrons. The Morgan fingerprint density at radius 2 is 2.00 bits per heavy atom. The van der Waals surface area contributed by atoms with E-state index in [4.69, 9.17) is 27.9 Å². The Labute approximate surface area is 185 Å². The maximum atomic E-state index is 12.9. The maximum absolute atomic E-state index is 12.9. The van der Waals surface area contributed by atoms with E-state index in [2.05, 4.69) is 15.4 Å². The third-order valence-electron chi connectivity index (χ3n) is 4.17. The van der Waals surface area contributed by atoms with Crippen LogP contribution in [-0.2, 0) is 13.2 Å². The van der Waals surface area contributed by atoms with Crippen LogP contribution in [0.2, 0.25) is 10.0 Å². The van der Waals surface area contributed by atoms with E-state index in [0.717, 1.165) is 12.1 Å². The largest absolute Gasteiger partial charge is 0.495 e. The van der Waals surface area contributed by atoms with Crippen molar-refractivity contribution in [3.05, 3.63) is 69.5 Å². The molecule has 3 rings (SSSR count). The number of anilines is 1. The molecule has 0 unspecified atom stereocenters. The van der Waals surface area contributed by atoms with Crippen molar-refractivity contribution in [2.75, 3.05) is 12.4 Å². The van der Waals surface area contributed by atoms with Crippen LogP contribution >= 0.6 is 23.2 Å². The number of methoxy groups -OCH3 is 1. The fourth-order valence-electron chi connectivity index (χ4n) is 2.78. The zero-order valence-corrected chi connectivity index (χ0v) is 17.7. The number of benzene rings is 2. The minimum Gasteiger partial charge on any atom is -0.495 e. The molecular weight excluding hydrogens is 456 g/mol. The molecule has 2 aromatic carbocycles. The van der Waals surface area contributed by atoms with E-state index >= 15 is 0 Å². The zero-order chi connectivity index (χ0) is 22.8. The average molecular weight is 471 g/mol. The molecule has 0 aliphatic carbocycles. The van der Waals surface area contributed by atoms with E-state index < -0.39 is 17.6 Å². The summed E-state index contributed by atoms with van der Waals surface area (Å²) in [5.41, 5.74) is -0.198. The Bertz CT molecular complexity index is 1160. The van der Waals surface area contributed by atoms with Crippen LogP contribution in [0.1, 0.15) is 21.6 Å². The summed E-state index contributed by atoms with van der Waals surface area (Å²) in [6.45, 7) is 0. The van der Waals surface area contributed by atoms with Crippen LogP contribution in [0.15, 0.2) is 47.6 Å². The van der Waals surface area contributed by atoms with Crippen molar-refractivity contribution in [3.8, 4) is 5.75 Å². The first-order valence-corrected chi connectivity index (χ1v) is 9.43. The molecule has 0 aliphatic rings. The molecule has 162 valence electrons. The number of halogens is 5. The number of aliphatic imine (C=N–C) groups is 1. The predicted octanol–water partition coefficient (Wildman–Crippen LogP) is 5.76. The number of aryl methyl sites for hydroxylation is 1. The van der Waals surface area contributed by atoms with E-state index in [1.54, 1.807) is 6.07 Å². The molecule has 11 heteroatoms. The van der Waals surface area contributed by atoms with Crippen molar-refractivity contribution in [2.45, 2.75) is 6.18 Å². The number of aromatic nitrogens is 2. The lowest BCUT2D eigenvalue weighted by Gasteiger charge is -2.10. The number of hydrogen-bond acceptors (Lipinski definition) is 4. The molecule has 1 amide bonds. The quantitative estimate of drug-likeness (QED) is 0.482. The fraction of sp³-hybridized carbons (Fsp3) is 0.150. The van der Waals surface area contributed by atoms with Crippen LogP contribution in [0.5, 0.6) is 5.75 Å². The molecule has 1 N–H and O–H groups in total. The average Bonchev–Trinajstić information content (AvgIpc) is 3.06. The van der Waals surface area contributed by atoms with Crippen LogP contribution in [0.4, 0.5) is 24.5 Å². The van der Waals surface area contributed by atoms with Gasteiger partial charge in [0.2, 0.25) is 0 Å². The summed E-state index contributed by atoms with van der Waals surface area (Å²) >= 11 is 12.1. The van der Waals surface area contributed by atoms with Gasteiger partial charge in [0.15, 0.2) is 5.69 Å². The van der Waals surface area contributed by atoms with Gasteiger partial charge in [0.05, 0.1) is 23.9 Å². The Morgan fingerprint density at radius 3 is 2.68 bits per heavy atom. The zero-order valence-electron chi connectivity index (χ0n) is 16.2. The number of ether oxygens (including phenoxy) is 1. The van der Waals surface area contributed by atoms with Crippen LogP contribution in [0.3, 0.4) is 0 Å². The lowest BCUT2D eigenvalue weighted by atomic mass is 10.2. The first-order valence-electron chi connectivity index (χ1n) is 8.68. The molecule has 1 heterocycles. The second kappa shape index (κ2) is 8.99. The number of rotatable bonds is 5. The Morgan fingerprint density at radius 1 is 1.26 bits per heavy atom. The molecule has 0 fully saturated rings. The highest BCUT2D eigenvalue weighted by atomic mass is 35.5. The number of nitrogens with zero attached hydrogens (tertiary/aromatic N) is 3. The lowest BCUT2D eigenvalue weighted by molar-refractivity contribution is -0.137. The Kier molecular flexibility index (Phi) is 6.56. The summed E-state index contributed by atoms with van der Waals surface area (Å²) in [4.78, 5) is 17.0. The van der Waals surface area contributed by atoms with Gasteiger partial charge < -0.3 is 10.1 Å². The number of carbonyl (C=O) groups is 1. The number of carbonyl (C=O) groups excluding carboxylic acids is 1. The SMILES string of the molecule is COc1c(Cl)cc(Cl)cc1C=Nc1cnn(C)c1C(=O)Nc1cccc(C(F)(F)F)c1. The van der Waals surface area contributed by atoms with Crippen molar-refractivity contribution in [1.29, 1.82) is 0 Å². The summed E-state index contributed by atoms with van der Waals surface area (Å²) in [7, 11) is 2.95. The molecule has 3 aromatic rings. The van der Waals surface area contributed by atoms with E-state index in [1.807, 2.05) is 0 Å². The molecule has 0 saturated heterocycles. The molecule has 0 saturated carbocycles. The highest BCUT2D eigenvalue weighted by molar-refractivity contribution is 6.36. The van der Waals surface area contributed by atoms with Crippen LogP contribution in [-0.4, -0.2) is 29.0 Å². The van der Waals surface area contributed by atoms with Gasteiger partial charge in [0.1, 0.15) is 11.4 Å². The maximum Gasteiger partial charge on any atom is 0.416 e. The van der Waals surface area contributed by atoms with Gasteiger partial charge in [-0.25, -0.2) is 0 Å². The van der Waals surface area contributed by atoms with Crippen LogP contribution < -0.4 is 10.1 Å². The topological polar surface area (TPSA) is 68.5 Å². The molecule has 1 aromatic heterocycles. The number of hydrogen-bond donors (Lipinski definition) is 1. The summed E-state index contributed by atoms with van der Waals surface area (Å²) in [6, 6.07) is 7.40. The standard InChI is InChI=1S/C20H15Cl2F3N4O2/c1-29-17(19(30)28-14-5-3-4-12(7-14)20(23,24)25)16(10-27-29)26-9-11-6-13(21)8-15(22)18(11)31-2/h3-10H,1-2H3,(H,28,30). The van der Waals surface area contributed by atoms with Gasteiger partial charge in [0.25, 0.3) is 5.91 Å². The van der Waals surface area contributed by atoms with Gasteiger partial charge >= 0.3 is 6.18 Å². The first-order chi connectivity index (χ1) is 14.6. The summed E-state index contributed by atoms with van der Waals surface area (Å²) < 4.78 is 45.2. The minimum absolute atomic E-state index is 0.0146. The van der Waals surface area contributed by atoms with E-state index in [9.17, 15) is 18.0 Å². The Hall–Kier alpha value is -3.04. The second-order valence-corrected chi connectivity index (χ2v) is 7.15. The van der Waals surface area contributed by atoms with Crippen LogP contribution in [0.25, 0.3) is 0 Å². The van der Waals surface area contributed by atoms with Crippen molar-refractivity contribution in [3.63, 3.8) is 0 Å². The normalized spacial score (nSPS) is 11.7. The van der Waals surface area contributed by atoms with E-state index in [1.165, 1.54) is 49.4 Å². The molecule has 6 nitrogen and oxygen atoms in total. The van der Waals surface area contributed by atoms with Gasteiger partial charge in [-0.15, -0.1) is 0 Å². The second-order valence-electron chi connectivity index (χ2n) is 6.30. The summed E-state index contributed by atoms with van der Waals surface area (Å²) in [6.07, 6.45) is -1.79. The van der Waals surface area contributed by atoms with Gasteiger partial charge in [0, 0.05) is 29.5 Å². The van der Waals surface area contributed by atoms with Gasteiger partial charge in [-0.3, -0.25) is 14.5 Å². The third kappa shape index (κ3) is 5.18. The third-order valence-corrected chi connectivity index (χ3v) is 4.67. The predicted molar refractivity (Wildman–Crippen MR) is 113 cm³/mol. The van der Waals surface area contributed by atoms with Crippen LogP contribution in [0, 0.1) is 0 Å². The minimum atomic E-state index is -4.53. The Balaban J connectivity index is 1.90. The van der Waals surface area contributed by atoms with Crippen molar-refractivity contribution in [2.24, 2.45) is 12.0 Å². The smallest absolute Gasteiger partial charge is 0.416 e. The molecule has 0 bridgehead atoms. The van der Waals surface area contributed by atoms with Gasteiger partial charge in [-0.05, 0) is 30.3 Å². The van der Waals surface area contributed by atoms with Crippen molar-refractivity contribution in [1.82, 2.24) is 9.78 Å². The monoisotopic (exact) mass is 470 g/mol. The number of nitrogens with one attached hydrogen (secondary N) is 1. The van der Waals surface area contributed by atoms with Gasteiger partial charge in [-0.2, -0.15) is 18.3 Å². The number of amides is 1. The lowest BCUT2D eigenvalue weighted by Crippen LogP contribution is -2.17. The number of alkyl halides is 3. The summed E-state index contributed by atoms with van der Waals surface area (Å²) in [5, 5.41) is 7.09. The highest BCUT2D eigenvalue weighted by Crippen LogP contribution is 2.32. The van der Waals surface area contributed by atoms with E-state index in [0.29, 0.717) is 16.3 Å². The van der Waals surface area contributed by atoms with Gasteiger partial charge in [-0.1, -0.05) is 29.3 Å². The molecule has 31 heavy (non-hydrogen) atoms. The molecule has 0 spiro atoms. The molecule has 0 aliphatic heterocycles. The highest BCUT2D eigenvalue weighted by Gasteiger charge is 2.30. The summed E-state index contributed by atoms with van der Waals surface area (Å²) in [5.74, 6) is -0.337. The van der Waals surface area contributed by atoms with Crippen molar-refractivity contribution >= 4 is 46.7 Å². The van der Waals surface area contributed by atoms with Crippen molar-refractivity contribution < 1.29 is 22.7 Å².